The first-order valence-corrected chi connectivity index (χ1v) is 8.67. The molecule has 0 saturated carbocycles. The third kappa shape index (κ3) is 3.34. The number of aromatic nitrogens is 2. The third-order valence-corrected chi connectivity index (χ3v) is 4.63. The maximum atomic E-state index is 14.2. The molecule has 0 spiro atoms. The molecule has 0 fully saturated rings. The van der Waals surface area contributed by atoms with Gasteiger partial charge in [0.15, 0.2) is 5.82 Å². The topological polar surface area (TPSA) is 47.0 Å². The molecule has 0 aliphatic carbocycles. The molecule has 0 bridgehead atoms. The monoisotopic (exact) mass is 369 g/mol. The number of nitrogens with one attached hydrogen (secondary N) is 1. The highest BCUT2D eigenvalue weighted by atomic mass is 32.1. The summed E-state index contributed by atoms with van der Waals surface area (Å²) in [6.45, 7) is 0. The molecule has 0 atom stereocenters. The van der Waals surface area contributed by atoms with Crippen LogP contribution in [0.4, 0.5) is 20.3 Å². The fourth-order valence-electron chi connectivity index (χ4n) is 2.46. The maximum absolute atomic E-state index is 14.2. The molecular formula is C19H13F2N3OS. The van der Waals surface area contributed by atoms with Crippen molar-refractivity contribution in [2.24, 2.45) is 0 Å². The fourth-order valence-corrected chi connectivity index (χ4v) is 3.25. The molecule has 26 heavy (non-hydrogen) atoms. The van der Waals surface area contributed by atoms with Crippen molar-refractivity contribution in [1.29, 1.82) is 0 Å². The highest BCUT2D eigenvalue weighted by molar-refractivity contribution is 7.17. The van der Waals surface area contributed by atoms with Crippen molar-refractivity contribution in [2.45, 2.75) is 6.11 Å². The second kappa shape index (κ2) is 6.68. The SMILES string of the molecule is FC(F)(Oc1ccc(Nc2ncnc3ccsc23)cc1)c1ccccc1. The minimum atomic E-state index is -3.40. The number of benzene rings is 2. The van der Waals surface area contributed by atoms with Crippen molar-refractivity contribution in [2.75, 3.05) is 5.32 Å². The smallest absolute Gasteiger partial charge is 0.426 e. The number of nitrogens with zero attached hydrogens (tertiary/aromatic N) is 2. The van der Waals surface area contributed by atoms with Crippen molar-refractivity contribution < 1.29 is 13.5 Å². The van der Waals surface area contributed by atoms with E-state index in [1.807, 2.05) is 11.4 Å². The van der Waals surface area contributed by atoms with E-state index in [2.05, 4.69) is 15.3 Å². The highest BCUT2D eigenvalue weighted by Crippen LogP contribution is 2.32. The molecule has 4 aromatic rings. The number of halogens is 2. The second-order valence-corrected chi connectivity index (χ2v) is 6.41. The van der Waals surface area contributed by atoms with Gasteiger partial charge in [-0.25, -0.2) is 9.97 Å². The van der Waals surface area contributed by atoms with Crippen LogP contribution in [0.3, 0.4) is 0 Å². The van der Waals surface area contributed by atoms with Gasteiger partial charge in [-0.15, -0.1) is 11.3 Å². The molecule has 4 nitrogen and oxygen atoms in total. The van der Waals surface area contributed by atoms with E-state index in [0.29, 0.717) is 11.5 Å². The molecule has 4 rings (SSSR count). The van der Waals surface area contributed by atoms with Crippen LogP contribution in [0.1, 0.15) is 5.56 Å². The van der Waals surface area contributed by atoms with Gasteiger partial charge in [-0.05, 0) is 47.8 Å². The molecule has 0 saturated heterocycles. The summed E-state index contributed by atoms with van der Waals surface area (Å²) in [6.07, 6.45) is -1.92. The van der Waals surface area contributed by atoms with Crippen molar-refractivity contribution in [3.63, 3.8) is 0 Å². The summed E-state index contributed by atoms with van der Waals surface area (Å²) in [5, 5.41) is 5.11. The lowest BCUT2D eigenvalue weighted by molar-refractivity contribution is -0.185. The molecule has 2 aromatic carbocycles. The summed E-state index contributed by atoms with van der Waals surface area (Å²) in [5.74, 6) is 0.752. The fraction of sp³-hybridized carbons (Fsp3) is 0.0526. The zero-order valence-electron chi connectivity index (χ0n) is 13.4. The van der Waals surface area contributed by atoms with Gasteiger partial charge in [0.1, 0.15) is 12.1 Å². The van der Waals surface area contributed by atoms with Gasteiger partial charge in [0, 0.05) is 5.69 Å². The highest BCUT2D eigenvalue weighted by Gasteiger charge is 2.34. The molecule has 1 N–H and O–H groups in total. The van der Waals surface area contributed by atoms with Crippen LogP contribution >= 0.6 is 11.3 Å². The first-order valence-electron chi connectivity index (χ1n) is 7.79. The molecule has 0 aliphatic rings. The average Bonchev–Trinajstić information content (AvgIpc) is 3.14. The van der Waals surface area contributed by atoms with Crippen molar-refractivity contribution in [3.05, 3.63) is 77.9 Å². The molecule has 0 radical (unpaired) electrons. The van der Waals surface area contributed by atoms with E-state index < -0.39 is 6.11 Å². The van der Waals surface area contributed by atoms with Gasteiger partial charge in [0.05, 0.1) is 15.8 Å². The van der Waals surface area contributed by atoms with Gasteiger partial charge >= 0.3 is 6.11 Å². The number of alkyl halides is 2. The van der Waals surface area contributed by atoms with E-state index in [1.165, 1.54) is 41.9 Å². The minimum absolute atomic E-state index is 0.0772. The Labute approximate surface area is 152 Å². The average molecular weight is 369 g/mol. The van der Waals surface area contributed by atoms with Crippen LogP contribution in [0.2, 0.25) is 0 Å². The predicted molar refractivity (Wildman–Crippen MR) is 98.1 cm³/mol. The van der Waals surface area contributed by atoms with E-state index in [0.717, 1.165) is 10.2 Å². The van der Waals surface area contributed by atoms with Crippen LogP contribution < -0.4 is 10.1 Å². The van der Waals surface area contributed by atoms with Gasteiger partial charge in [-0.3, -0.25) is 0 Å². The lowest BCUT2D eigenvalue weighted by Gasteiger charge is -2.18. The molecule has 7 heteroatoms. The number of thiophene rings is 1. The van der Waals surface area contributed by atoms with E-state index in [1.54, 1.807) is 30.3 Å². The minimum Gasteiger partial charge on any atom is -0.429 e. The lowest BCUT2D eigenvalue weighted by atomic mass is 10.2. The largest absolute Gasteiger partial charge is 0.429 e. The van der Waals surface area contributed by atoms with Gasteiger partial charge in [-0.1, -0.05) is 18.2 Å². The van der Waals surface area contributed by atoms with Crippen LogP contribution in [0.5, 0.6) is 5.75 Å². The maximum Gasteiger partial charge on any atom is 0.426 e. The van der Waals surface area contributed by atoms with E-state index >= 15 is 0 Å². The van der Waals surface area contributed by atoms with Crippen LogP contribution in [-0.2, 0) is 6.11 Å². The molecule has 2 heterocycles. The van der Waals surface area contributed by atoms with Gasteiger partial charge in [-0.2, -0.15) is 8.78 Å². The number of fused-ring (bicyclic) bond motifs is 1. The Hall–Kier alpha value is -3.06. The van der Waals surface area contributed by atoms with Gasteiger partial charge in [0.2, 0.25) is 0 Å². The molecule has 0 aliphatic heterocycles. The summed E-state index contributed by atoms with van der Waals surface area (Å²) < 4.78 is 34.1. The summed E-state index contributed by atoms with van der Waals surface area (Å²) in [6, 6.07) is 15.7. The van der Waals surface area contributed by atoms with Crippen LogP contribution in [0.25, 0.3) is 10.2 Å². The van der Waals surface area contributed by atoms with E-state index in [4.69, 9.17) is 4.74 Å². The number of hydrogen-bond acceptors (Lipinski definition) is 5. The second-order valence-electron chi connectivity index (χ2n) is 5.49. The van der Waals surface area contributed by atoms with E-state index in [9.17, 15) is 8.78 Å². The van der Waals surface area contributed by atoms with Crippen LogP contribution in [0.15, 0.2) is 72.4 Å². The third-order valence-electron chi connectivity index (χ3n) is 3.72. The number of hydrogen-bond donors (Lipinski definition) is 1. The van der Waals surface area contributed by atoms with Crippen molar-refractivity contribution in [1.82, 2.24) is 9.97 Å². The molecule has 0 unspecified atom stereocenters. The summed E-state index contributed by atoms with van der Waals surface area (Å²) in [4.78, 5) is 8.42. The van der Waals surface area contributed by atoms with Gasteiger partial charge in [0.25, 0.3) is 0 Å². The quantitative estimate of drug-likeness (QED) is 0.500. The van der Waals surface area contributed by atoms with Crippen LogP contribution in [-0.4, -0.2) is 9.97 Å². The molecule has 2 aromatic heterocycles. The Morgan fingerprint density at radius 1 is 0.923 bits per heavy atom. The summed E-state index contributed by atoms with van der Waals surface area (Å²) >= 11 is 1.53. The van der Waals surface area contributed by atoms with E-state index in [-0.39, 0.29) is 11.3 Å². The first-order chi connectivity index (χ1) is 12.6. The molecular weight excluding hydrogens is 356 g/mol. The van der Waals surface area contributed by atoms with Crippen molar-refractivity contribution in [3.8, 4) is 5.75 Å². The van der Waals surface area contributed by atoms with Gasteiger partial charge < -0.3 is 10.1 Å². The Morgan fingerprint density at radius 3 is 2.46 bits per heavy atom. The lowest BCUT2D eigenvalue weighted by Crippen LogP contribution is -2.21. The molecule has 130 valence electrons. The Kier molecular flexibility index (Phi) is 4.22. The first kappa shape index (κ1) is 16.4. The molecule has 0 amide bonds. The summed E-state index contributed by atoms with van der Waals surface area (Å²) in [7, 11) is 0. The number of rotatable bonds is 5. The zero-order valence-corrected chi connectivity index (χ0v) is 14.2. The zero-order chi connectivity index (χ0) is 18.0. The Morgan fingerprint density at radius 2 is 1.69 bits per heavy atom. The predicted octanol–water partition coefficient (Wildman–Crippen LogP) is 5.56. The normalized spacial score (nSPS) is 11.5. The Balaban J connectivity index is 1.51. The number of anilines is 2. The van der Waals surface area contributed by atoms with Crippen LogP contribution in [0, 0.1) is 0 Å². The summed E-state index contributed by atoms with van der Waals surface area (Å²) in [5.41, 5.74) is 1.38. The number of ether oxygens (including phenoxy) is 1. The Bertz CT molecular complexity index is 1020. The standard InChI is InChI=1S/C19H13F2N3OS/c20-19(21,13-4-2-1-3-5-13)25-15-8-6-14(7-9-15)24-18-17-16(10-11-26-17)22-12-23-18/h1-12H,(H,22,23,24). The van der Waals surface area contributed by atoms with Crippen molar-refractivity contribution >= 4 is 33.1 Å².